The minimum atomic E-state index is 0.858. The maximum Gasteiger partial charge on any atom is 0.0973 e. The van der Waals surface area contributed by atoms with E-state index in [9.17, 15) is 0 Å². The first-order valence-corrected chi connectivity index (χ1v) is 18.4. The molecule has 252 valence electrons. The lowest BCUT2D eigenvalue weighted by atomic mass is 9.93. The fourth-order valence-electron chi connectivity index (χ4n) is 7.79. The SMILES string of the molecule is c1ccc(-c2cc3nc(-c4ccc(-c5cccc6ccccc56)cc4)c(-c4ccc(-c5cccc6ccccc56)cc4)nc3cc2-c2ccccc2)cc1. The third-order valence-corrected chi connectivity index (χ3v) is 10.5. The van der Waals surface area contributed by atoms with Gasteiger partial charge in [0.1, 0.15) is 0 Å². The molecule has 0 fully saturated rings. The minimum Gasteiger partial charge on any atom is -0.244 e. The summed E-state index contributed by atoms with van der Waals surface area (Å²) >= 11 is 0. The van der Waals surface area contributed by atoms with Crippen LogP contribution in [0.3, 0.4) is 0 Å². The molecule has 0 N–H and O–H groups in total. The molecule has 0 aliphatic rings. The number of hydrogen-bond acceptors (Lipinski definition) is 2. The van der Waals surface area contributed by atoms with Gasteiger partial charge in [-0.2, -0.15) is 0 Å². The molecule has 0 aliphatic carbocycles. The first kappa shape index (κ1) is 31.6. The zero-order valence-corrected chi connectivity index (χ0v) is 29.5. The molecule has 54 heavy (non-hydrogen) atoms. The van der Waals surface area contributed by atoms with Crippen LogP contribution in [0.1, 0.15) is 0 Å². The van der Waals surface area contributed by atoms with Gasteiger partial charge in [0, 0.05) is 11.1 Å². The Kier molecular flexibility index (Phi) is 7.85. The molecule has 1 aromatic heterocycles. The monoisotopic (exact) mass is 686 g/mol. The second kappa shape index (κ2) is 13.4. The molecule has 10 aromatic rings. The molecule has 0 unspecified atom stereocenters. The van der Waals surface area contributed by atoms with Crippen LogP contribution in [0.15, 0.2) is 206 Å². The summed E-state index contributed by atoms with van der Waals surface area (Å²) in [6.07, 6.45) is 0. The normalized spacial score (nSPS) is 11.3. The lowest BCUT2D eigenvalue weighted by molar-refractivity contribution is 1.29. The maximum absolute atomic E-state index is 5.45. The van der Waals surface area contributed by atoms with E-state index >= 15 is 0 Å². The van der Waals surface area contributed by atoms with Gasteiger partial charge in [0.25, 0.3) is 0 Å². The minimum absolute atomic E-state index is 0.858. The predicted octanol–water partition coefficient (Wildman–Crippen LogP) is 13.9. The van der Waals surface area contributed by atoms with Crippen molar-refractivity contribution >= 4 is 32.6 Å². The Bertz CT molecular complexity index is 2730. The molecular formula is C52H34N2. The highest BCUT2D eigenvalue weighted by Crippen LogP contribution is 2.39. The highest BCUT2D eigenvalue weighted by Gasteiger charge is 2.18. The average molecular weight is 687 g/mol. The first-order chi connectivity index (χ1) is 26.8. The molecule has 9 aromatic carbocycles. The van der Waals surface area contributed by atoms with E-state index < -0.39 is 0 Å². The Morgan fingerprint density at radius 2 is 0.574 bits per heavy atom. The molecule has 0 saturated carbocycles. The summed E-state index contributed by atoms with van der Waals surface area (Å²) in [6, 6.07) is 73.3. The number of aromatic nitrogens is 2. The van der Waals surface area contributed by atoms with Gasteiger partial charge in [-0.15, -0.1) is 0 Å². The quantitative estimate of drug-likeness (QED) is 0.174. The second-order valence-corrected chi connectivity index (χ2v) is 13.7. The van der Waals surface area contributed by atoms with Crippen molar-refractivity contribution in [1.82, 2.24) is 9.97 Å². The van der Waals surface area contributed by atoms with Crippen LogP contribution in [-0.2, 0) is 0 Å². The standard InChI is InChI=1S/C52H34N2/c1-3-13-37(14-4-1)47-33-49-50(34-48(47)38-15-5-2-6-16-38)54-52(42-31-27-40(28-32-42)46-24-12-20-36-18-8-10-22-44(36)46)51(53-49)41-29-25-39(26-30-41)45-23-11-19-35-17-7-9-21-43(35)45/h1-34H. The molecule has 0 amide bonds. The molecule has 0 bridgehead atoms. The molecular weight excluding hydrogens is 653 g/mol. The highest BCUT2D eigenvalue weighted by molar-refractivity contribution is 5.99. The van der Waals surface area contributed by atoms with E-state index in [1.54, 1.807) is 0 Å². The van der Waals surface area contributed by atoms with Gasteiger partial charge in [0.15, 0.2) is 0 Å². The van der Waals surface area contributed by atoms with Gasteiger partial charge in [0.2, 0.25) is 0 Å². The van der Waals surface area contributed by atoms with Gasteiger partial charge in [-0.1, -0.05) is 194 Å². The van der Waals surface area contributed by atoms with Gasteiger partial charge >= 0.3 is 0 Å². The van der Waals surface area contributed by atoms with Crippen molar-refractivity contribution in [3.05, 3.63) is 206 Å². The molecule has 2 nitrogen and oxygen atoms in total. The van der Waals surface area contributed by atoms with E-state index in [0.29, 0.717) is 0 Å². The van der Waals surface area contributed by atoms with Crippen LogP contribution in [0.4, 0.5) is 0 Å². The van der Waals surface area contributed by atoms with Crippen molar-refractivity contribution in [2.75, 3.05) is 0 Å². The van der Waals surface area contributed by atoms with Crippen LogP contribution in [-0.4, -0.2) is 9.97 Å². The molecule has 2 heteroatoms. The average Bonchev–Trinajstić information content (AvgIpc) is 3.26. The van der Waals surface area contributed by atoms with Crippen molar-refractivity contribution in [2.45, 2.75) is 0 Å². The third kappa shape index (κ3) is 5.71. The smallest absolute Gasteiger partial charge is 0.0973 e. The number of fused-ring (bicyclic) bond motifs is 3. The Hall–Kier alpha value is -7.16. The van der Waals surface area contributed by atoms with E-state index in [4.69, 9.17) is 9.97 Å². The zero-order chi connectivity index (χ0) is 35.8. The molecule has 0 atom stereocenters. The van der Waals surface area contributed by atoms with Crippen molar-refractivity contribution in [2.24, 2.45) is 0 Å². The lowest BCUT2D eigenvalue weighted by Crippen LogP contribution is -1.97. The fourth-order valence-corrected chi connectivity index (χ4v) is 7.79. The summed E-state index contributed by atoms with van der Waals surface area (Å²) in [5, 5.41) is 4.95. The van der Waals surface area contributed by atoms with Crippen LogP contribution in [0.5, 0.6) is 0 Å². The number of benzene rings is 9. The van der Waals surface area contributed by atoms with E-state index in [1.807, 2.05) is 0 Å². The Morgan fingerprint density at radius 3 is 1.00 bits per heavy atom. The van der Waals surface area contributed by atoms with Crippen LogP contribution in [0, 0.1) is 0 Å². The molecule has 0 radical (unpaired) electrons. The Morgan fingerprint density at radius 1 is 0.241 bits per heavy atom. The largest absolute Gasteiger partial charge is 0.244 e. The molecule has 1 heterocycles. The topological polar surface area (TPSA) is 25.8 Å². The van der Waals surface area contributed by atoms with Crippen molar-refractivity contribution < 1.29 is 0 Å². The predicted molar refractivity (Wildman–Crippen MR) is 227 cm³/mol. The summed E-state index contributed by atoms with van der Waals surface area (Å²) in [7, 11) is 0. The van der Waals surface area contributed by atoms with Crippen molar-refractivity contribution in [3.63, 3.8) is 0 Å². The summed E-state index contributed by atoms with van der Waals surface area (Å²) in [6.45, 7) is 0. The summed E-state index contributed by atoms with van der Waals surface area (Å²) < 4.78 is 0. The number of hydrogen-bond donors (Lipinski definition) is 0. The summed E-state index contributed by atoms with van der Waals surface area (Å²) in [4.78, 5) is 10.9. The maximum atomic E-state index is 5.45. The Labute approximate surface area is 314 Å². The molecule has 0 saturated heterocycles. The molecule has 10 rings (SSSR count). The van der Waals surface area contributed by atoms with Gasteiger partial charge in [-0.25, -0.2) is 9.97 Å². The van der Waals surface area contributed by atoms with Crippen molar-refractivity contribution in [3.8, 4) is 67.0 Å². The molecule has 0 spiro atoms. The van der Waals surface area contributed by atoms with Gasteiger partial charge in [0.05, 0.1) is 22.4 Å². The van der Waals surface area contributed by atoms with Crippen LogP contribution >= 0.6 is 0 Å². The third-order valence-electron chi connectivity index (χ3n) is 10.5. The fraction of sp³-hybridized carbons (Fsp3) is 0. The van der Waals surface area contributed by atoms with E-state index in [2.05, 4.69) is 206 Å². The Balaban J connectivity index is 1.16. The van der Waals surface area contributed by atoms with Gasteiger partial charge in [-0.3, -0.25) is 0 Å². The number of rotatable bonds is 6. The summed E-state index contributed by atoms with van der Waals surface area (Å²) in [5.41, 5.74) is 14.8. The first-order valence-electron chi connectivity index (χ1n) is 18.4. The summed E-state index contributed by atoms with van der Waals surface area (Å²) in [5.74, 6) is 0. The van der Waals surface area contributed by atoms with E-state index in [0.717, 1.165) is 55.8 Å². The van der Waals surface area contributed by atoms with Gasteiger partial charge in [-0.05, 0) is 78.2 Å². The van der Waals surface area contributed by atoms with Gasteiger partial charge < -0.3 is 0 Å². The van der Waals surface area contributed by atoms with Crippen LogP contribution < -0.4 is 0 Å². The highest BCUT2D eigenvalue weighted by atomic mass is 14.8. The van der Waals surface area contributed by atoms with Crippen molar-refractivity contribution in [1.29, 1.82) is 0 Å². The molecule has 0 aliphatic heterocycles. The van der Waals surface area contributed by atoms with E-state index in [1.165, 1.54) is 43.8 Å². The second-order valence-electron chi connectivity index (χ2n) is 13.7. The number of nitrogens with zero attached hydrogens (tertiary/aromatic N) is 2. The van der Waals surface area contributed by atoms with E-state index in [-0.39, 0.29) is 0 Å². The zero-order valence-electron chi connectivity index (χ0n) is 29.5. The lowest BCUT2D eigenvalue weighted by Gasteiger charge is -2.16. The van der Waals surface area contributed by atoms with Crippen LogP contribution in [0.2, 0.25) is 0 Å². The van der Waals surface area contributed by atoms with Crippen LogP contribution in [0.25, 0.3) is 99.6 Å².